The Balaban J connectivity index is 2.59. The van der Waals surface area contributed by atoms with Gasteiger partial charge >= 0.3 is 0 Å². The molecule has 0 aliphatic rings. The minimum atomic E-state index is 0.347. The molecule has 6 heteroatoms. The van der Waals surface area contributed by atoms with Gasteiger partial charge in [-0.3, -0.25) is 0 Å². The fourth-order valence-corrected chi connectivity index (χ4v) is 2.72. The topological polar surface area (TPSA) is 52.0 Å². The van der Waals surface area contributed by atoms with Crippen LogP contribution < -0.4 is 5.73 Å². The van der Waals surface area contributed by atoms with Gasteiger partial charge in [0, 0.05) is 14.5 Å². The minimum Gasteiger partial charge on any atom is -0.380 e. The van der Waals surface area contributed by atoms with Crippen LogP contribution in [0.25, 0.3) is 11.3 Å². The molecule has 1 aromatic heterocycles. The van der Waals surface area contributed by atoms with E-state index < -0.39 is 0 Å². The van der Waals surface area contributed by atoms with E-state index in [4.69, 9.17) is 10.3 Å². The number of nitrogens with two attached hydrogens (primary N) is 1. The summed E-state index contributed by atoms with van der Waals surface area (Å²) < 4.78 is 7.70. The number of nitrogen functional groups attached to an aromatic ring is 1. The van der Waals surface area contributed by atoms with E-state index in [0.717, 1.165) is 14.5 Å². The summed E-state index contributed by atoms with van der Waals surface area (Å²) in [6, 6.07) is 5.77. The second kappa shape index (κ2) is 4.27. The lowest BCUT2D eigenvalue weighted by atomic mass is 10.2. The van der Waals surface area contributed by atoms with Crippen molar-refractivity contribution in [2.45, 2.75) is 0 Å². The third kappa shape index (κ3) is 2.11. The van der Waals surface area contributed by atoms with E-state index >= 15 is 0 Å². The summed E-state index contributed by atoms with van der Waals surface area (Å²) in [6.45, 7) is 0. The van der Waals surface area contributed by atoms with Gasteiger partial charge < -0.3 is 10.3 Å². The molecule has 2 N–H and O–H groups in total. The van der Waals surface area contributed by atoms with Crippen molar-refractivity contribution >= 4 is 53.6 Å². The maximum absolute atomic E-state index is 5.58. The summed E-state index contributed by atoms with van der Waals surface area (Å²) in [5.74, 6) is 0.965. The molecule has 0 bridgehead atoms. The normalized spacial score (nSPS) is 10.6. The van der Waals surface area contributed by atoms with Gasteiger partial charge in [-0.1, -0.05) is 21.1 Å². The van der Waals surface area contributed by atoms with E-state index in [1.165, 1.54) is 0 Å². The average molecular weight is 397 g/mol. The monoisotopic (exact) mass is 394 g/mol. The molecule has 0 amide bonds. The fraction of sp³-hybridized carbons (Fsp3) is 0. The molecular weight excluding hydrogens is 392 g/mol. The quantitative estimate of drug-likeness (QED) is 0.785. The molecule has 0 saturated heterocycles. The van der Waals surface area contributed by atoms with Crippen molar-refractivity contribution in [1.82, 2.24) is 5.16 Å². The molecule has 2 rings (SSSR count). The Kier molecular flexibility index (Phi) is 3.18. The molecule has 3 nitrogen and oxygen atoms in total. The van der Waals surface area contributed by atoms with Gasteiger partial charge in [0.05, 0.1) is 0 Å². The Labute approximate surface area is 111 Å². The first-order valence-corrected chi connectivity index (χ1v) is 6.33. The van der Waals surface area contributed by atoms with Crippen molar-refractivity contribution in [1.29, 1.82) is 0 Å². The maximum Gasteiger partial charge on any atom is 0.184 e. The van der Waals surface area contributed by atoms with E-state index in [-0.39, 0.29) is 0 Å². The molecule has 0 fully saturated rings. The average Bonchev–Trinajstić information content (AvgIpc) is 2.49. The Morgan fingerprint density at radius 3 is 2.47 bits per heavy atom. The summed E-state index contributed by atoms with van der Waals surface area (Å²) in [5, 5.41) is 3.68. The summed E-state index contributed by atoms with van der Waals surface area (Å²) in [7, 11) is 0. The third-order valence-corrected chi connectivity index (χ3v) is 3.75. The SMILES string of the molecule is Nc1noc(-c2ccc(Br)cc2Br)c1Br. The highest BCUT2D eigenvalue weighted by molar-refractivity contribution is 9.11. The number of halogens is 3. The zero-order valence-corrected chi connectivity index (χ0v) is 12.1. The van der Waals surface area contributed by atoms with Crippen LogP contribution in [0.3, 0.4) is 0 Å². The van der Waals surface area contributed by atoms with Crippen LogP contribution >= 0.6 is 47.8 Å². The number of aromatic nitrogens is 1. The molecule has 2 aromatic rings. The van der Waals surface area contributed by atoms with Crippen LogP contribution in [0.5, 0.6) is 0 Å². The summed E-state index contributed by atoms with van der Waals surface area (Å²) in [5.41, 5.74) is 6.48. The number of hydrogen-bond acceptors (Lipinski definition) is 3. The van der Waals surface area contributed by atoms with Gasteiger partial charge in [0.15, 0.2) is 11.6 Å². The van der Waals surface area contributed by atoms with Crippen molar-refractivity contribution in [2.24, 2.45) is 0 Å². The largest absolute Gasteiger partial charge is 0.380 e. The zero-order chi connectivity index (χ0) is 11.0. The Hall–Kier alpha value is -0.330. The van der Waals surface area contributed by atoms with Crippen LogP contribution in [0.2, 0.25) is 0 Å². The molecule has 0 unspecified atom stereocenters. The van der Waals surface area contributed by atoms with Gasteiger partial charge in [-0.05, 0) is 50.1 Å². The van der Waals surface area contributed by atoms with Crippen LogP contribution in [0.4, 0.5) is 5.82 Å². The van der Waals surface area contributed by atoms with Crippen molar-refractivity contribution in [2.75, 3.05) is 5.73 Å². The van der Waals surface area contributed by atoms with Gasteiger partial charge in [-0.15, -0.1) is 0 Å². The molecule has 78 valence electrons. The molecule has 0 aliphatic carbocycles. The lowest BCUT2D eigenvalue weighted by Gasteiger charge is -2.01. The number of benzene rings is 1. The Morgan fingerprint density at radius 1 is 1.20 bits per heavy atom. The Bertz CT molecular complexity index is 510. The van der Waals surface area contributed by atoms with E-state index in [1.54, 1.807) is 0 Å². The lowest BCUT2D eigenvalue weighted by molar-refractivity contribution is 0.435. The van der Waals surface area contributed by atoms with E-state index in [9.17, 15) is 0 Å². The van der Waals surface area contributed by atoms with Crippen molar-refractivity contribution in [3.63, 3.8) is 0 Å². The molecule has 0 spiro atoms. The van der Waals surface area contributed by atoms with Gasteiger partial charge in [-0.25, -0.2) is 0 Å². The van der Waals surface area contributed by atoms with Crippen LogP contribution in [-0.4, -0.2) is 5.16 Å². The smallest absolute Gasteiger partial charge is 0.184 e. The van der Waals surface area contributed by atoms with Crippen molar-refractivity contribution < 1.29 is 4.52 Å². The van der Waals surface area contributed by atoms with Crippen LogP contribution in [0.1, 0.15) is 0 Å². The van der Waals surface area contributed by atoms with Gasteiger partial charge in [0.25, 0.3) is 0 Å². The van der Waals surface area contributed by atoms with E-state index in [1.807, 2.05) is 18.2 Å². The van der Waals surface area contributed by atoms with Gasteiger partial charge in [-0.2, -0.15) is 0 Å². The predicted molar refractivity (Wildman–Crippen MR) is 69.5 cm³/mol. The summed E-state index contributed by atoms with van der Waals surface area (Å²) in [4.78, 5) is 0. The first kappa shape index (κ1) is 11.2. The summed E-state index contributed by atoms with van der Waals surface area (Å²) in [6.07, 6.45) is 0. The lowest BCUT2D eigenvalue weighted by Crippen LogP contribution is -1.83. The third-order valence-electron chi connectivity index (χ3n) is 1.84. The van der Waals surface area contributed by atoms with Crippen LogP contribution in [0.15, 0.2) is 36.1 Å². The highest BCUT2D eigenvalue weighted by Gasteiger charge is 2.15. The number of anilines is 1. The highest BCUT2D eigenvalue weighted by atomic mass is 79.9. The van der Waals surface area contributed by atoms with Gasteiger partial charge in [0.1, 0.15) is 4.47 Å². The number of rotatable bonds is 1. The second-order valence-corrected chi connectivity index (χ2v) is 5.40. The first-order valence-electron chi connectivity index (χ1n) is 3.95. The maximum atomic E-state index is 5.58. The first-order chi connectivity index (χ1) is 7.09. The fourth-order valence-electron chi connectivity index (χ4n) is 1.13. The standard InChI is InChI=1S/C9H5Br3N2O/c10-4-1-2-5(6(11)3-4)8-7(12)9(13)14-15-8/h1-3H,(H2,13,14). The molecular formula is C9H5Br3N2O. The molecule has 1 heterocycles. The minimum absolute atomic E-state index is 0.347. The molecule has 0 atom stereocenters. The molecule has 0 radical (unpaired) electrons. The van der Waals surface area contributed by atoms with Crippen molar-refractivity contribution in [3.8, 4) is 11.3 Å². The van der Waals surface area contributed by atoms with Crippen LogP contribution in [-0.2, 0) is 0 Å². The summed E-state index contributed by atoms with van der Waals surface area (Å²) >= 11 is 10.2. The second-order valence-electron chi connectivity index (χ2n) is 2.84. The molecule has 1 aromatic carbocycles. The van der Waals surface area contributed by atoms with Crippen molar-refractivity contribution in [3.05, 3.63) is 31.6 Å². The van der Waals surface area contributed by atoms with Crippen LogP contribution in [0, 0.1) is 0 Å². The highest BCUT2D eigenvalue weighted by Crippen LogP contribution is 2.37. The Morgan fingerprint density at radius 2 is 1.93 bits per heavy atom. The zero-order valence-electron chi connectivity index (χ0n) is 7.30. The molecule has 0 aliphatic heterocycles. The van der Waals surface area contributed by atoms with E-state index in [0.29, 0.717) is 16.1 Å². The predicted octanol–water partition coefficient (Wildman–Crippen LogP) is 4.21. The van der Waals surface area contributed by atoms with E-state index in [2.05, 4.69) is 52.9 Å². The molecule has 0 saturated carbocycles. The number of hydrogen-bond donors (Lipinski definition) is 1. The number of nitrogens with zero attached hydrogens (tertiary/aromatic N) is 1. The van der Waals surface area contributed by atoms with Gasteiger partial charge in [0.2, 0.25) is 0 Å². The molecule has 15 heavy (non-hydrogen) atoms.